The van der Waals surface area contributed by atoms with E-state index < -0.39 is 0 Å². The molecule has 21 heavy (non-hydrogen) atoms. The van der Waals surface area contributed by atoms with Crippen LogP contribution in [0.4, 0.5) is 0 Å². The Balaban J connectivity index is 1.63. The third kappa shape index (κ3) is 3.32. The minimum absolute atomic E-state index is 0.207. The number of likely N-dealkylation sites (tertiary alicyclic amines) is 1. The lowest BCUT2D eigenvalue weighted by Crippen LogP contribution is -2.35. The van der Waals surface area contributed by atoms with Gasteiger partial charge in [-0.2, -0.15) is 0 Å². The van der Waals surface area contributed by atoms with Gasteiger partial charge in [-0.1, -0.05) is 6.07 Å². The molecule has 4 heteroatoms. The molecule has 0 aliphatic carbocycles. The highest BCUT2D eigenvalue weighted by molar-refractivity contribution is 7.12. The zero-order valence-corrected chi connectivity index (χ0v) is 13.1. The summed E-state index contributed by atoms with van der Waals surface area (Å²) in [5, 5.41) is 1.97. The Morgan fingerprint density at radius 2 is 2.38 bits per heavy atom. The van der Waals surface area contributed by atoms with Gasteiger partial charge in [0, 0.05) is 24.5 Å². The first kappa shape index (κ1) is 14.3. The maximum absolute atomic E-state index is 12.5. The number of nitrogens with zero attached hydrogens (tertiary/aromatic N) is 2. The Kier molecular flexibility index (Phi) is 4.34. The van der Waals surface area contributed by atoms with Crippen LogP contribution in [0.3, 0.4) is 0 Å². The molecule has 1 amide bonds. The molecule has 3 heterocycles. The van der Waals surface area contributed by atoms with Gasteiger partial charge < -0.3 is 4.90 Å². The van der Waals surface area contributed by atoms with Crippen molar-refractivity contribution in [2.24, 2.45) is 0 Å². The van der Waals surface area contributed by atoms with Crippen LogP contribution in [0.2, 0.25) is 0 Å². The minimum atomic E-state index is 0.207. The maximum atomic E-state index is 12.5. The lowest BCUT2D eigenvalue weighted by atomic mass is 10.0. The van der Waals surface area contributed by atoms with E-state index >= 15 is 0 Å². The first-order chi connectivity index (χ1) is 10.2. The Bertz CT molecular complexity index is 609. The number of carbonyl (C=O) groups is 1. The molecule has 0 spiro atoms. The summed E-state index contributed by atoms with van der Waals surface area (Å²) in [6.45, 7) is 2.92. The second-order valence-corrected chi connectivity index (χ2v) is 6.56. The van der Waals surface area contributed by atoms with Gasteiger partial charge in [-0.3, -0.25) is 9.78 Å². The Morgan fingerprint density at radius 3 is 3.14 bits per heavy atom. The van der Waals surface area contributed by atoms with Crippen molar-refractivity contribution in [1.82, 2.24) is 9.88 Å². The van der Waals surface area contributed by atoms with E-state index in [4.69, 9.17) is 0 Å². The van der Waals surface area contributed by atoms with Gasteiger partial charge in [-0.05, 0) is 61.7 Å². The Hall–Kier alpha value is -1.68. The third-order valence-corrected chi connectivity index (χ3v) is 4.96. The molecule has 3 nitrogen and oxygen atoms in total. The minimum Gasteiger partial charge on any atom is -0.335 e. The van der Waals surface area contributed by atoms with E-state index in [-0.39, 0.29) is 5.91 Å². The van der Waals surface area contributed by atoms with E-state index in [9.17, 15) is 4.79 Å². The number of amides is 1. The highest BCUT2D eigenvalue weighted by atomic mass is 32.1. The van der Waals surface area contributed by atoms with E-state index in [0.717, 1.165) is 42.8 Å². The highest BCUT2D eigenvalue weighted by Crippen LogP contribution is 2.25. The average Bonchev–Trinajstić information content (AvgIpc) is 3.16. The van der Waals surface area contributed by atoms with Crippen molar-refractivity contribution in [1.29, 1.82) is 0 Å². The molecule has 0 aromatic carbocycles. The summed E-state index contributed by atoms with van der Waals surface area (Å²) >= 11 is 1.54. The standard InChI is InChI=1S/C17H20N2OS/c1-13-12-14(8-9-18-13)6-7-15-4-2-10-19(15)17(20)16-5-3-11-21-16/h3,5,8-9,11-12,15H,2,4,6-7,10H2,1H3. The molecule has 0 N–H and O–H groups in total. The Labute approximate surface area is 129 Å². The van der Waals surface area contributed by atoms with Crippen LogP contribution in [0.25, 0.3) is 0 Å². The summed E-state index contributed by atoms with van der Waals surface area (Å²) in [4.78, 5) is 19.7. The number of hydrogen-bond donors (Lipinski definition) is 0. The molecule has 0 radical (unpaired) electrons. The van der Waals surface area contributed by atoms with Crippen molar-refractivity contribution in [2.75, 3.05) is 6.54 Å². The maximum Gasteiger partial charge on any atom is 0.264 e. The fraction of sp³-hybridized carbons (Fsp3) is 0.412. The number of aromatic nitrogens is 1. The molecule has 2 aromatic rings. The highest BCUT2D eigenvalue weighted by Gasteiger charge is 2.29. The zero-order chi connectivity index (χ0) is 14.7. The largest absolute Gasteiger partial charge is 0.335 e. The summed E-state index contributed by atoms with van der Waals surface area (Å²) in [5.41, 5.74) is 2.38. The Morgan fingerprint density at radius 1 is 1.48 bits per heavy atom. The second-order valence-electron chi connectivity index (χ2n) is 5.62. The van der Waals surface area contributed by atoms with Crippen LogP contribution in [-0.4, -0.2) is 28.4 Å². The fourth-order valence-electron chi connectivity index (χ4n) is 3.04. The summed E-state index contributed by atoms with van der Waals surface area (Å²) in [7, 11) is 0. The molecule has 0 bridgehead atoms. The van der Waals surface area contributed by atoms with Crippen molar-refractivity contribution in [3.8, 4) is 0 Å². The van der Waals surface area contributed by atoms with Crippen molar-refractivity contribution in [3.63, 3.8) is 0 Å². The normalized spacial score (nSPS) is 18.1. The van der Waals surface area contributed by atoms with E-state index in [1.807, 2.05) is 30.6 Å². The smallest absolute Gasteiger partial charge is 0.264 e. The number of rotatable bonds is 4. The van der Waals surface area contributed by atoms with Gasteiger partial charge in [0.2, 0.25) is 0 Å². The van der Waals surface area contributed by atoms with Gasteiger partial charge in [0.25, 0.3) is 5.91 Å². The fourth-order valence-corrected chi connectivity index (χ4v) is 3.72. The number of carbonyl (C=O) groups excluding carboxylic acids is 1. The van der Waals surface area contributed by atoms with Crippen LogP contribution in [0.5, 0.6) is 0 Å². The molecule has 1 aliphatic heterocycles. The van der Waals surface area contributed by atoms with Crippen molar-refractivity contribution >= 4 is 17.2 Å². The quantitative estimate of drug-likeness (QED) is 0.863. The van der Waals surface area contributed by atoms with Gasteiger partial charge in [0.1, 0.15) is 0 Å². The van der Waals surface area contributed by atoms with Gasteiger partial charge >= 0.3 is 0 Å². The van der Waals surface area contributed by atoms with Crippen molar-refractivity contribution in [3.05, 3.63) is 52.0 Å². The number of pyridine rings is 1. The first-order valence-electron chi connectivity index (χ1n) is 7.50. The van der Waals surface area contributed by atoms with Crippen molar-refractivity contribution < 1.29 is 4.79 Å². The summed E-state index contributed by atoms with van der Waals surface area (Å²) in [6, 6.07) is 8.47. The molecular formula is C17H20N2OS. The summed E-state index contributed by atoms with van der Waals surface area (Å²) in [5.74, 6) is 0.207. The molecular weight excluding hydrogens is 280 g/mol. The average molecular weight is 300 g/mol. The van der Waals surface area contributed by atoms with Gasteiger partial charge in [-0.25, -0.2) is 0 Å². The molecule has 1 fully saturated rings. The van der Waals surface area contributed by atoms with E-state index in [1.165, 1.54) is 16.9 Å². The summed E-state index contributed by atoms with van der Waals surface area (Å²) < 4.78 is 0. The van der Waals surface area contributed by atoms with Gasteiger partial charge in [0.05, 0.1) is 4.88 Å². The molecule has 1 saturated heterocycles. The molecule has 0 saturated carbocycles. The first-order valence-corrected chi connectivity index (χ1v) is 8.38. The number of hydrogen-bond acceptors (Lipinski definition) is 3. The lowest BCUT2D eigenvalue weighted by Gasteiger charge is -2.24. The van der Waals surface area contributed by atoms with Crippen LogP contribution in [-0.2, 0) is 6.42 Å². The lowest BCUT2D eigenvalue weighted by molar-refractivity contribution is 0.0735. The predicted octanol–water partition coefficient (Wildman–Crippen LogP) is 3.69. The molecule has 2 aromatic heterocycles. The third-order valence-electron chi connectivity index (χ3n) is 4.10. The van der Waals surface area contributed by atoms with Crippen LogP contribution in [0, 0.1) is 6.92 Å². The molecule has 3 rings (SSSR count). The SMILES string of the molecule is Cc1cc(CCC2CCCN2C(=O)c2cccs2)ccn1. The van der Waals surface area contributed by atoms with Crippen LogP contribution >= 0.6 is 11.3 Å². The molecule has 1 aliphatic rings. The van der Waals surface area contributed by atoms with Crippen molar-refractivity contribution in [2.45, 2.75) is 38.6 Å². The topological polar surface area (TPSA) is 33.2 Å². The van der Waals surface area contributed by atoms with E-state index in [0.29, 0.717) is 6.04 Å². The number of aryl methyl sites for hydroxylation is 2. The molecule has 1 unspecified atom stereocenters. The molecule has 110 valence electrons. The predicted molar refractivity (Wildman–Crippen MR) is 85.7 cm³/mol. The number of thiophene rings is 1. The second kappa shape index (κ2) is 6.39. The van der Waals surface area contributed by atoms with Gasteiger partial charge in [-0.15, -0.1) is 11.3 Å². The van der Waals surface area contributed by atoms with E-state index in [2.05, 4.69) is 22.0 Å². The zero-order valence-electron chi connectivity index (χ0n) is 12.3. The van der Waals surface area contributed by atoms with Gasteiger partial charge in [0.15, 0.2) is 0 Å². The van der Waals surface area contributed by atoms with E-state index in [1.54, 1.807) is 0 Å². The van der Waals surface area contributed by atoms with Crippen LogP contribution in [0.1, 0.15) is 40.2 Å². The summed E-state index contributed by atoms with van der Waals surface area (Å²) in [6.07, 6.45) is 6.18. The van der Waals surface area contributed by atoms with Crippen LogP contribution in [0.15, 0.2) is 35.8 Å². The monoisotopic (exact) mass is 300 g/mol. The molecule has 1 atom stereocenters. The van der Waals surface area contributed by atoms with Crippen LogP contribution < -0.4 is 0 Å².